The monoisotopic (exact) mass is 511 g/mol. The molecule has 0 unspecified atom stereocenters. The molecule has 10 nitrogen and oxygen atoms in total. The number of ether oxygens (including phenoxy) is 1. The normalized spacial score (nSPS) is 15.2. The molecule has 4 aromatic rings. The van der Waals surface area contributed by atoms with Crippen molar-refractivity contribution in [2.24, 2.45) is 0 Å². The third-order valence-corrected chi connectivity index (χ3v) is 5.73. The van der Waals surface area contributed by atoms with Crippen molar-refractivity contribution in [3.8, 4) is 28.1 Å². The van der Waals surface area contributed by atoms with Crippen molar-refractivity contribution in [2.45, 2.75) is 6.04 Å². The summed E-state index contributed by atoms with van der Waals surface area (Å²) in [5.74, 6) is -2.72. The zero-order valence-electron chi connectivity index (χ0n) is 18.5. The molecule has 0 saturated heterocycles. The van der Waals surface area contributed by atoms with Crippen molar-refractivity contribution in [3.63, 3.8) is 0 Å². The number of benzene rings is 1. The fourth-order valence-corrected chi connectivity index (χ4v) is 3.81. The smallest absolute Gasteiger partial charge is 0.289 e. The maximum absolute atomic E-state index is 14.3. The highest BCUT2D eigenvalue weighted by molar-refractivity contribution is 6.33. The van der Waals surface area contributed by atoms with E-state index >= 15 is 0 Å². The molecular formula is C23H16ClF2N7O3. The fraction of sp³-hybridized carbons (Fsp3) is 0.130. The van der Waals surface area contributed by atoms with E-state index in [0.717, 1.165) is 29.5 Å². The molecule has 2 N–H and O–H groups in total. The van der Waals surface area contributed by atoms with E-state index in [1.54, 1.807) is 24.7 Å². The number of anilines is 1. The van der Waals surface area contributed by atoms with Gasteiger partial charge in [0.25, 0.3) is 11.8 Å². The summed E-state index contributed by atoms with van der Waals surface area (Å²) in [6, 6.07) is 3.48. The Bertz CT molecular complexity index is 1480. The third kappa shape index (κ3) is 4.33. The van der Waals surface area contributed by atoms with E-state index < -0.39 is 29.5 Å². The highest BCUT2D eigenvalue weighted by atomic mass is 35.5. The van der Waals surface area contributed by atoms with Crippen LogP contribution in [0.4, 0.5) is 14.6 Å². The first-order valence-electron chi connectivity index (χ1n) is 10.5. The van der Waals surface area contributed by atoms with Crippen LogP contribution in [0.2, 0.25) is 5.02 Å². The number of likely N-dealkylation sites (N-methyl/N-ethyl adjacent to an activating group) is 1. The van der Waals surface area contributed by atoms with Gasteiger partial charge >= 0.3 is 0 Å². The van der Waals surface area contributed by atoms with Gasteiger partial charge < -0.3 is 10.1 Å². The first kappa shape index (κ1) is 23.3. The maximum Gasteiger partial charge on any atom is 0.289 e. The fourth-order valence-electron chi connectivity index (χ4n) is 3.62. The Morgan fingerprint density at radius 3 is 2.78 bits per heavy atom. The number of aromatic amines is 1. The lowest BCUT2D eigenvalue weighted by molar-refractivity contribution is -0.120. The van der Waals surface area contributed by atoms with Crippen LogP contribution in [0.15, 0.2) is 49.1 Å². The lowest BCUT2D eigenvalue weighted by atomic mass is 10.1. The molecule has 0 bridgehead atoms. The van der Waals surface area contributed by atoms with Gasteiger partial charge in [0.05, 0.1) is 23.1 Å². The number of carbonyl (C=O) groups is 2. The maximum atomic E-state index is 14.3. The van der Waals surface area contributed by atoms with E-state index in [1.165, 1.54) is 11.9 Å². The topological polar surface area (TPSA) is 126 Å². The van der Waals surface area contributed by atoms with Crippen LogP contribution in [-0.4, -0.2) is 56.7 Å². The number of halogens is 3. The van der Waals surface area contributed by atoms with E-state index in [2.05, 4.69) is 30.5 Å². The summed E-state index contributed by atoms with van der Waals surface area (Å²) in [4.78, 5) is 39.5. The Kier molecular flexibility index (Phi) is 6.02. The molecule has 3 aromatic heterocycles. The third-order valence-electron chi connectivity index (χ3n) is 5.46. The zero-order chi connectivity index (χ0) is 25.4. The number of rotatable bonds is 4. The van der Waals surface area contributed by atoms with Crippen LogP contribution in [-0.2, 0) is 4.79 Å². The van der Waals surface area contributed by atoms with Gasteiger partial charge in [-0.1, -0.05) is 11.6 Å². The first-order valence-corrected chi connectivity index (χ1v) is 10.9. The van der Waals surface area contributed by atoms with Crippen molar-refractivity contribution in [1.82, 2.24) is 30.5 Å². The van der Waals surface area contributed by atoms with Crippen LogP contribution in [0.25, 0.3) is 22.4 Å². The Labute approximate surface area is 207 Å². The molecule has 1 aliphatic heterocycles. The number of nitrogens with one attached hydrogen (secondary N) is 2. The minimum absolute atomic E-state index is 0.0411. The highest BCUT2D eigenvalue weighted by Gasteiger charge is 2.32. The average Bonchev–Trinajstić information content (AvgIpc) is 3.38. The molecule has 1 aliphatic rings. The molecular weight excluding hydrogens is 496 g/mol. The summed E-state index contributed by atoms with van der Waals surface area (Å²) in [5, 5.41) is 9.12. The largest absolute Gasteiger partial charge is 0.487 e. The van der Waals surface area contributed by atoms with Crippen molar-refractivity contribution >= 4 is 29.2 Å². The summed E-state index contributed by atoms with van der Waals surface area (Å²) in [6.07, 6.45) is 6.01. The minimum Gasteiger partial charge on any atom is -0.487 e. The molecule has 13 heteroatoms. The molecule has 5 rings (SSSR count). The van der Waals surface area contributed by atoms with Crippen molar-refractivity contribution in [2.75, 3.05) is 18.6 Å². The molecule has 4 heterocycles. The molecule has 2 amide bonds. The second-order valence-corrected chi connectivity index (χ2v) is 8.19. The van der Waals surface area contributed by atoms with Crippen LogP contribution < -0.4 is 15.0 Å². The SMILES string of the molecule is CN1C(=O)[C@@H](NC(=O)c2ncc(Cl)c(-c3ccc(F)cc3F)n2)COc2cc(-c3cn[nH]c3)cnc21. The Morgan fingerprint density at radius 2 is 2.03 bits per heavy atom. The standard InChI is InChI=1S/C23H16ClF2N7O3/c1-33-21-18(4-11(6-28-21)12-7-29-30-8-12)36-10-17(23(33)35)31-22(34)20-27-9-15(24)19(32-20)14-3-2-13(25)5-16(14)26/h2-9,17H,10H2,1H3,(H,29,30)(H,31,34)/t17-/m0/s1. The zero-order valence-corrected chi connectivity index (χ0v) is 19.3. The number of carbonyl (C=O) groups excluding carboxylic acids is 2. The van der Waals surface area contributed by atoms with Gasteiger partial charge in [-0.2, -0.15) is 5.10 Å². The summed E-state index contributed by atoms with van der Waals surface area (Å²) < 4.78 is 33.4. The Balaban J connectivity index is 1.38. The number of H-pyrrole nitrogens is 1. The van der Waals surface area contributed by atoms with E-state index in [0.29, 0.717) is 11.8 Å². The molecule has 1 aromatic carbocycles. The number of nitrogens with zero attached hydrogens (tertiary/aromatic N) is 5. The quantitative estimate of drug-likeness (QED) is 0.431. The molecule has 182 valence electrons. The lowest BCUT2D eigenvalue weighted by Gasteiger charge is -2.19. The van der Waals surface area contributed by atoms with Crippen LogP contribution in [0.3, 0.4) is 0 Å². The van der Waals surface area contributed by atoms with Gasteiger partial charge in [0.2, 0.25) is 5.82 Å². The van der Waals surface area contributed by atoms with Crippen LogP contribution in [0, 0.1) is 11.6 Å². The number of aromatic nitrogens is 5. The van der Waals surface area contributed by atoms with Gasteiger partial charge in [0.15, 0.2) is 11.6 Å². The highest BCUT2D eigenvalue weighted by Crippen LogP contribution is 2.32. The number of pyridine rings is 1. The number of hydrogen-bond donors (Lipinski definition) is 2. The molecule has 0 aliphatic carbocycles. The Hall–Kier alpha value is -4.45. The van der Waals surface area contributed by atoms with Crippen LogP contribution in [0.5, 0.6) is 5.75 Å². The van der Waals surface area contributed by atoms with Crippen LogP contribution in [0.1, 0.15) is 10.6 Å². The van der Waals surface area contributed by atoms with Crippen molar-refractivity contribution in [3.05, 3.63) is 71.5 Å². The number of fused-ring (bicyclic) bond motifs is 1. The number of hydrogen-bond acceptors (Lipinski definition) is 7. The predicted molar refractivity (Wildman–Crippen MR) is 124 cm³/mol. The van der Waals surface area contributed by atoms with Gasteiger partial charge in [-0.3, -0.25) is 19.6 Å². The molecule has 0 radical (unpaired) electrons. The van der Waals surface area contributed by atoms with Gasteiger partial charge in [-0.25, -0.2) is 23.7 Å². The predicted octanol–water partition coefficient (Wildman–Crippen LogP) is 3.01. The van der Waals surface area contributed by atoms with E-state index in [9.17, 15) is 18.4 Å². The second kappa shape index (κ2) is 9.30. The first-order chi connectivity index (χ1) is 17.3. The summed E-state index contributed by atoms with van der Waals surface area (Å²) >= 11 is 6.09. The van der Waals surface area contributed by atoms with E-state index in [4.69, 9.17) is 16.3 Å². The Morgan fingerprint density at radius 1 is 1.19 bits per heavy atom. The van der Waals surface area contributed by atoms with E-state index in [-0.39, 0.29) is 34.5 Å². The van der Waals surface area contributed by atoms with Gasteiger partial charge in [-0.15, -0.1) is 0 Å². The molecule has 0 fully saturated rings. The molecule has 1 atom stereocenters. The van der Waals surface area contributed by atoms with Gasteiger partial charge in [0, 0.05) is 42.2 Å². The minimum atomic E-state index is -1.10. The van der Waals surface area contributed by atoms with E-state index in [1.807, 2.05) is 0 Å². The summed E-state index contributed by atoms with van der Waals surface area (Å²) in [6.45, 7) is -0.189. The summed E-state index contributed by atoms with van der Waals surface area (Å²) in [7, 11) is 1.51. The van der Waals surface area contributed by atoms with Crippen molar-refractivity contribution in [1.29, 1.82) is 0 Å². The van der Waals surface area contributed by atoms with Gasteiger partial charge in [0.1, 0.15) is 24.3 Å². The average molecular weight is 512 g/mol. The molecule has 0 spiro atoms. The summed E-state index contributed by atoms with van der Waals surface area (Å²) in [5.41, 5.74) is 1.30. The molecule has 36 heavy (non-hydrogen) atoms. The lowest BCUT2D eigenvalue weighted by Crippen LogP contribution is -2.49. The second-order valence-electron chi connectivity index (χ2n) is 7.78. The number of amides is 2. The van der Waals surface area contributed by atoms with Crippen molar-refractivity contribution < 1.29 is 23.1 Å². The van der Waals surface area contributed by atoms with Gasteiger partial charge in [-0.05, 0) is 18.2 Å². The molecule has 0 saturated carbocycles. The van der Waals surface area contributed by atoms with Crippen LogP contribution >= 0.6 is 11.6 Å².